The number of rotatable bonds is 3. The Labute approximate surface area is 94.6 Å². The van der Waals surface area contributed by atoms with Crippen LogP contribution in [0.1, 0.15) is 20.8 Å². The molecule has 1 aromatic rings. The van der Waals surface area contributed by atoms with Crippen LogP contribution in [0.15, 0.2) is 24.3 Å². The van der Waals surface area contributed by atoms with Gasteiger partial charge in [0.2, 0.25) is 6.41 Å². The predicted octanol–water partition coefficient (Wildman–Crippen LogP) is 2.21. The van der Waals surface area contributed by atoms with E-state index in [1.165, 1.54) is 0 Å². The van der Waals surface area contributed by atoms with Gasteiger partial charge in [-0.1, -0.05) is 0 Å². The molecule has 16 heavy (non-hydrogen) atoms. The highest BCUT2D eigenvalue weighted by atomic mass is 16.5. The Hall–Kier alpha value is -1.84. The standard InChI is InChI=1S/C12H15NO3/c1-12(2,3)11(15)16-10-6-4-9(5-7-10)13-8-14/h4-8H,1-3H3,(H,13,14). The lowest BCUT2D eigenvalue weighted by atomic mass is 9.97. The van der Waals surface area contributed by atoms with Gasteiger partial charge in [0.1, 0.15) is 5.75 Å². The summed E-state index contributed by atoms with van der Waals surface area (Å²) >= 11 is 0. The summed E-state index contributed by atoms with van der Waals surface area (Å²) in [4.78, 5) is 21.7. The van der Waals surface area contributed by atoms with E-state index >= 15 is 0 Å². The molecule has 0 fully saturated rings. The molecule has 0 aliphatic carbocycles. The van der Waals surface area contributed by atoms with Crippen LogP contribution < -0.4 is 10.1 Å². The van der Waals surface area contributed by atoms with Crippen molar-refractivity contribution in [3.8, 4) is 5.75 Å². The van der Waals surface area contributed by atoms with Crippen molar-refractivity contribution >= 4 is 18.1 Å². The van der Waals surface area contributed by atoms with Gasteiger partial charge in [-0.3, -0.25) is 9.59 Å². The van der Waals surface area contributed by atoms with Crippen LogP contribution in [0.2, 0.25) is 0 Å². The maximum atomic E-state index is 11.6. The molecule has 0 atom stereocenters. The molecule has 1 aromatic carbocycles. The van der Waals surface area contributed by atoms with Crippen molar-refractivity contribution in [1.82, 2.24) is 0 Å². The zero-order chi connectivity index (χ0) is 12.2. The molecule has 0 bridgehead atoms. The Bertz CT molecular complexity index is 376. The minimum absolute atomic E-state index is 0.288. The van der Waals surface area contributed by atoms with Crippen LogP contribution in [0.25, 0.3) is 0 Å². The average molecular weight is 221 g/mol. The van der Waals surface area contributed by atoms with Gasteiger partial charge in [-0.2, -0.15) is 0 Å². The van der Waals surface area contributed by atoms with Gasteiger partial charge >= 0.3 is 5.97 Å². The molecule has 0 aliphatic rings. The van der Waals surface area contributed by atoms with Gasteiger partial charge in [0.15, 0.2) is 0 Å². The van der Waals surface area contributed by atoms with Crippen LogP contribution >= 0.6 is 0 Å². The van der Waals surface area contributed by atoms with Crippen LogP contribution in [0.4, 0.5) is 5.69 Å². The summed E-state index contributed by atoms with van der Waals surface area (Å²) in [7, 11) is 0. The maximum absolute atomic E-state index is 11.6. The summed E-state index contributed by atoms with van der Waals surface area (Å²) < 4.78 is 5.16. The second-order valence-corrected chi connectivity index (χ2v) is 4.43. The fourth-order valence-corrected chi connectivity index (χ4v) is 0.947. The van der Waals surface area contributed by atoms with Gasteiger partial charge < -0.3 is 10.1 Å². The van der Waals surface area contributed by atoms with Crippen molar-refractivity contribution in [2.24, 2.45) is 5.41 Å². The molecule has 0 radical (unpaired) electrons. The highest BCUT2D eigenvalue weighted by Gasteiger charge is 2.23. The first-order valence-corrected chi connectivity index (χ1v) is 4.96. The number of nitrogens with one attached hydrogen (secondary N) is 1. The third-order valence-electron chi connectivity index (χ3n) is 1.90. The molecule has 0 spiro atoms. The molecule has 0 aromatic heterocycles. The molecular formula is C12H15NO3. The van der Waals surface area contributed by atoms with Gasteiger partial charge in [-0.25, -0.2) is 0 Å². The molecule has 4 nitrogen and oxygen atoms in total. The average Bonchev–Trinajstić information content (AvgIpc) is 2.20. The van der Waals surface area contributed by atoms with E-state index in [2.05, 4.69) is 5.32 Å². The number of hydrogen-bond acceptors (Lipinski definition) is 3. The minimum atomic E-state index is -0.528. The van der Waals surface area contributed by atoms with Crippen molar-refractivity contribution in [1.29, 1.82) is 0 Å². The quantitative estimate of drug-likeness (QED) is 0.483. The van der Waals surface area contributed by atoms with Crippen LogP contribution in [0, 0.1) is 5.41 Å². The molecule has 1 rings (SSSR count). The van der Waals surface area contributed by atoms with Gasteiger partial charge in [-0.05, 0) is 45.0 Å². The van der Waals surface area contributed by atoms with Gasteiger partial charge in [0.25, 0.3) is 0 Å². The number of carbonyl (C=O) groups is 2. The van der Waals surface area contributed by atoms with Crippen LogP contribution in [-0.2, 0) is 9.59 Å². The zero-order valence-corrected chi connectivity index (χ0v) is 9.61. The number of amides is 1. The SMILES string of the molecule is CC(C)(C)C(=O)Oc1ccc(NC=O)cc1. The molecule has 86 valence electrons. The minimum Gasteiger partial charge on any atom is -0.426 e. The second-order valence-electron chi connectivity index (χ2n) is 4.43. The fourth-order valence-electron chi connectivity index (χ4n) is 0.947. The smallest absolute Gasteiger partial charge is 0.316 e. The number of esters is 1. The summed E-state index contributed by atoms with van der Waals surface area (Å²) in [6.07, 6.45) is 0.593. The van der Waals surface area contributed by atoms with Crippen molar-refractivity contribution in [3.63, 3.8) is 0 Å². The van der Waals surface area contributed by atoms with Crippen LogP contribution in [0.5, 0.6) is 5.75 Å². The van der Waals surface area contributed by atoms with E-state index in [1.54, 1.807) is 45.0 Å². The maximum Gasteiger partial charge on any atom is 0.316 e. The summed E-state index contributed by atoms with van der Waals surface area (Å²) in [5.41, 5.74) is 0.130. The topological polar surface area (TPSA) is 55.4 Å². The highest BCUT2D eigenvalue weighted by Crippen LogP contribution is 2.20. The van der Waals surface area contributed by atoms with Crippen molar-refractivity contribution in [3.05, 3.63) is 24.3 Å². The molecule has 0 aliphatic heterocycles. The number of benzene rings is 1. The van der Waals surface area contributed by atoms with Crippen molar-refractivity contribution in [2.75, 3.05) is 5.32 Å². The first-order chi connectivity index (χ1) is 7.43. The van der Waals surface area contributed by atoms with E-state index in [4.69, 9.17) is 4.74 Å². The van der Waals surface area contributed by atoms with Gasteiger partial charge in [0.05, 0.1) is 5.41 Å². The molecular weight excluding hydrogens is 206 g/mol. The van der Waals surface area contributed by atoms with E-state index in [1.807, 2.05) is 0 Å². The lowest BCUT2D eigenvalue weighted by Crippen LogP contribution is -2.25. The Morgan fingerprint density at radius 3 is 2.25 bits per heavy atom. The van der Waals surface area contributed by atoms with E-state index in [-0.39, 0.29) is 5.97 Å². The third kappa shape index (κ3) is 3.38. The van der Waals surface area contributed by atoms with E-state index in [9.17, 15) is 9.59 Å². The lowest BCUT2D eigenvalue weighted by molar-refractivity contribution is -0.143. The molecule has 0 saturated heterocycles. The molecule has 0 heterocycles. The van der Waals surface area contributed by atoms with Gasteiger partial charge in [0, 0.05) is 5.69 Å². The Kier molecular flexibility index (Phi) is 3.66. The first kappa shape index (κ1) is 12.2. The van der Waals surface area contributed by atoms with Crippen LogP contribution in [-0.4, -0.2) is 12.4 Å². The Balaban J connectivity index is 2.69. The zero-order valence-electron chi connectivity index (χ0n) is 9.61. The largest absolute Gasteiger partial charge is 0.426 e. The van der Waals surface area contributed by atoms with Gasteiger partial charge in [-0.15, -0.1) is 0 Å². The number of carbonyl (C=O) groups excluding carboxylic acids is 2. The second kappa shape index (κ2) is 4.79. The first-order valence-electron chi connectivity index (χ1n) is 4.96. The lowest BCUT2D eigenvalue weighted by Gasteiger charge is -2.16. The van der Waals surface area contributed by atoms with E-state index < -0.39 is 5.41 Å². The van der Waals surface area contributed by atoms with Crippen molar-refractivity contribution < 1.29 is 14.3 Å². The predicted molar refractivity (Wildman–Crippen MR) is 61.2 cm³/mol. The summed E-state index contributed by atoms with van der Waals surface area (Å²) in [6.45, 7) is 5.37. The van der Waals surface area contributed by atoms with Crippen molar-refractivity contribution in [2.45, 2.75) is 20.8 Å². The Morgan fingerprint density at radius 2 is 1.81 bits per heavy atom. The monoisotopic (exact) mass is 221 g/mol. The fraction of sp³-hybridized carbons (Fsp3) is 0.333. The van der Waals surface area contributed by atoms with E-state index in [0.717, 1.165) is 0 Å². The molecule has 0 saturated carbocycles. The summed E-state index contributed by atoms with van der Waals surface area (Å²) in [5.74, 6) is 0.181. The summed E-state index contributed by atoms with van der Waals surface area (Å²) in [6, 6.07) is 6.60. The summed E-state index contributed by atoms with van der Waals surface area (Å²) in [5, 5.41) is 2.50. The Morgan fingerprint density at radius 1 is 1.25 bits per heavy atom. The number of ether oxygens (including phenoxy) is 1. The number of hydrogen-bond donors (Lipinski definition) is 1. The third-order valence-corrected chi connectivity index (χ3v) is 1.90. The van der Waals surface area contributed by atoms with Crippen LogP contribution in [0.3, 0.4) is 0 Å². The molecule has 1 amide bonds. The normalized spacial score (nSPS) is 10.7. The highest BCUT2D eigenvalue weighted by molar-refractivity contribution is 5.78. The molecule has 0 unspecified atom stereocenters. The molecule has 4 heteroatoms. The number of anilines is 1. The van der Waals surface area contributed by atoms with E-state index in [0.29, 0.717) is 17.8 Å². The molecule has 1 N–H and O–H groups in total.